The molecule has 0 aromatic heterocycles. The van der Waals surface area contributed by atoms with Gasteiger partial charge in [0, 0.05) is 6.04 Å². The maximum absolute atomic E-state index is 10.0. The monoisotopic (exact) mass is 257 g/mol. The molecule has 1 aromatic rings. The van der Waals surface area contributed by atoms with Gasteiger partial charge in [0.2, 0.25) is 0 Å². The van der Waals surface area contributed by atoms with Gasteiger partial charge in [-0.2, -0.15) is 0 Å². The molecule has 1 aromatic carbocycles. The molecule has 0 fully saturated rings. The number of ether oxygens (including phenoxy) is 2. The van der Waals surface area contributed by atoms with Gasteiger partial charge in [0.15, 0.2) is 11.5 Å². The highest BCUT2D eigenvalue weighted by atomic mass is 35.5. The van der Waals surface area contributed by atoms with Gasteiger partial charge >= 0.3 is 0 Å². The minimum Gasteiger partial charge on any atom is -0.486 e. The van der Waals surface area contributed by atoms with Gasteiger partial charge in [-0.3, -0.25) is 0 Å². The molecule has 0 spiro atoms. The summed E-state index contributed by atoms with van der Waals surface area (Å²) in [4.78, 5) is 0. The first kappa shape index (κ1) is 12.5. The molecule has 3 N–H and O–H groups in total. The largest absolute Gasteiger partial charge is 0.486 e. The lowest BCUT2D eigenvalue weighted by Crippen LogP contribution is -2.27. The van der Waals surface area contributed by atoms with E-state index in [1.54, 1.807) is 12.1 Å². The van der Waals surface area contributed by atoms with Crippen molar-refractivity contribution in [2.24, 2.45) is 5.73 Å². The van der Waals surface area contributed by atoms with E-state index in [2.05, 4.69) is 0 Å². The molecule has 0 amide bonds. The van der Waals surface area contributed by atoms with Gasteiger partial charge in [0.25, 0.3) is 0 Å². The minimum atomic E-state index is -0.742. The van der Waals surface area contributed by atoms with Crippen molar-refractivity contribution in [3.63, 3.8) is 0 Å². The predicted octanol–water partition coefficient (Wildman–Crippen LogP) is 1.88. The van der Waals surface area contributed by atoms with Crippen LogP contribution in [0.4, 0.5) is 0 Å². The molecule has 2 atom stereocenters. The van der Waals surface area contributed by atoms with Crippen LogP contribution < -0.4 is 15.2 Å². The Kier molecular flexibility index (Phi) is 3.76. The third kappa shape index (κ3) is 2.49. The predicted molar refractivity (Wildman–Crippen MR) is 65.7 cm³/mol. The fraction of sp³-hybridized carbons (Fsp3) is 0.500. The van der Waals surface area contributed by atoms with E-state index in [9.17, 15) is 5.11 Å². The molecule has 1 aliphatic rings. The van der Waals surface area contributed by atoms with Crippen LogP contribution in [-0.4, -0.2) is 24.4 Å². The maximum Gasteiger partial charge on any atom is 0.179 e. The van der Waals surface area contributed by atoms with Crippen LogP contribution in [0.5, 0.6) is 11.5 Å². The fourth-order valence-electron chi connectivity index (χ4n) is 1.77. The van der Waals surface area contributed by atoms with E-state index in [1.807, 2.05) is 6.92 Å². The lowest BCUT2D eigenvalue weighted by molar-refractivity contribution is 0.141. The molecule has 1 aliphatic heterocycles. The number of aliphatic hydroxyl groups excluding tert-OH is 1. The van der Waals surface area contributed by atoms with Crippen molar-refractivity contribution < 1.29 is 14.6 Å². The molecule has 2 rings (SSSR count). The van der Waals surface area contributed by atoms with Crippen LogP contribution >= 0.6 is 11.6 Å². The van der Waals surface area contributed by atoms with Crippen LogP contribution in [0.1, 0.15) is 25.0 Å². The number of nitrogens with two attached hydrogens (primary N) is 1. The Balaban J connectivity index is 2.33. The molecule has 1 heterocycles. The lowest BCUT2D eigenvalue weighted by Gasteiger charge is -2.23. The van der Waals surface area contributed by atoms with Crippen molar-refractivity contribution in [1.29, 1.82) is 0 Å². The van der Waals surface area contributed by atoms with Gasteiger partial charge in [-0.15, -0.1) is 0 Å². The quantitative estimate of drug-likeness (QED) is 0.868. The SMILES string of the molecule is CCC(N)C(O)c1cc(Cl)c2c(c1)OCCO2. The Morgan fingerprint density at radius 3 is 2.82 bits per heavy atom. The molecule has 2 unspecified atom stereocenters. The molecular formula is C12H16ClNO3. The van der Waals surface area contributed by atoms with Gasteiger partial charge in [-0.25, -0.2) is 0 Å². The van der Waals surface area contributed by atoms with Crippen molar-refractivity contribution in [2.75, 3.05) is 13.2 Å². The molecule has 4 nitrogen and oxygen atoms in total. The Morgan fingerprint density at radius 2 is 2.12 bits per heavy atom. The second kappa shape index (κ2) is 5.12. The number of hydrogen-bond donors (Lipinski definition) is 2. The van der Waals surface area contributed by atoms with E-state index in [0.29, 0.717) is 41.7 Å². The average Bonchev–Trinajstić information content (AvgIpc) is 2.37. The van der Waals surface area contributed by atoms with Crippen molar-refractivity contribution >= 4 is 11.6 Å². The molecule has 0 saturated heterocycles. The molecule has 0 aliphatic carbocycles. The average molecular weight is 258 g/mol. The topological polar surface area (TPSA) is 64.7 Å². The molecule has 0 bridgehead atoms. The smallest absolute Gasteiger partial charge is 0.179 e. The van der Waals surface area contributed by atoms with Crippen molar-refractivity contribution in [3.05, 3.63) is 22.7 Å². The molecule has 94 valence electrons. The second-order valence-corrected chi connectivity index (χ2v) is 4.45. The number of hydrogen-bond acceptors (Lipinski definition) is 4. The first-order chi connectivity index (χ1) is 8.13. The molecule has 0 saturated carbocycles. The van der Waals surface area contributed by atoms with Gasteiger partial charge in [-0.05, 0) is 24.1 Å². The summed E-state index contributed by atoms with van der Waals surface area (Å²) in [5, 5.41) is 10.5. The zero-order valence-corrected chi connectivity index (χ0v) is 10.4. The van der Waals surface area contributed by atoms with Gasteiger partial charge in [-0.1, -0.05) is 18.5 Å². The summed E-state index contributed by atoms with van der Waals surface area (Å²) in [7, 11) is 0. The van der Waals surface area contributed by atoms with Crippen LogP contribution in [0.2, 0.25) is 5.02 Å². The number of fused-ring (bicyclic) bond motifs is 1. The summed E-state index contributed by atoms with van der Waals surface area (Å²) in [5.41, 5.74) is 6.47. The van der Waals surface area contributed by atoms with Crippen LogP contribution in [-0.2, 0) is 0 Å². The fourth-order valence-corrected chi connectivity index (χ4v) is 2.05. The summed E-state index contributed by atoms with van der Waals surface area (Å²) in [6.45, 7) is 2.90. The van der Waals surface area contributed by atoms with Crippen LogP contribution in [0.3, 0.4) is 0 Å². The normalized spacial score (nSPS) is 17.6. The lowest BCUT2D eigenvalue weighted by atomic mass is 10.0. The zero-order chi connectivity index (χ0) is 12.4. The summed E-state index contributed by atoms with van der Waals surface area (Å²) < 4.78 is 10.9. The third-order valence-corrected chi connectivity index (χ3v) is 3.12. The third-order valence-electron chi connectivity index (χ3n) is 2.84. The summed E-state index contributed by atoms with van der Waals surface area (Å²) >= 11 is 6.08. The Hall–Kier alpha value is -0.970. The standard InChI is InChI=1S/C12H16ClNO3/c1-2-9(14)11(15)7-5-8(13)12-10(6-7)16-3-4-17-12/h5-6,9,11,15H,2-4,14H2,1H3. The zero-order valence-electron chi connectivity index (χ0n) is 9.65. The Bertz CT molecular complexity index is 411. The second-order valence-electron chi connectivity index (χ2n) is 4.04. The number of aliphatic hydroxyl groups is 1. The number of benzene rings is 1. The minimum absolute atomic E-state index is 0.311. The van der Waals surface area contributed by atoms with Crippen LogP contribution in [0.15, 0.2) is 12.1 Å². The van der Waals surface area contributed by atoms with Gasteiger partial charge < -0.3 is 20.3 Å². The van der Waals surface area contributed by atoms with Gasteiger partial charge in [0.1, 0.15) is 13.2 Å². The number of halogens is 1. The van der Waals surface area contributed by atoms with E-state index in [1.165, 1.54) is 0 Å². The first-order valence-corrected chi connectivity index (χ1v) is 6.04. The first-order valence-electron chi connectivity index (χ1n) is 5.66. The highest BCUT2D eigenvalue weighted by Gasteiger charge is 2.21. The van der Waals surface area contributed by atoms with Crippen molar-refractivity contribution in [3.8, 4) is 11.5 Å². The molecule has 17 heavy (non-hydrogen) atoms. The Morgan fingerprint density at radius 1 is 1.41 bits per heavy atom. The van der Waals surface area contributed by atoms with Crippen LogP contribution in [0.25, 0.3) is 0 Å². The highest BCUT2D eigenvalue weighted by Crippen LogP contribution is 2.40. The van der Waals surface area contributed by atoms with Crippen LogP contribution in [0, 0.1) is 0 Å². The van der Waals surface area contributed by atoms with E-state index < -0.39 is 6.10 Å². The highest BCUT2D eigenvalue weighted by molar-refractivity contribution is 6.32. The van der Waals surface area contributed by atoms with E-state index >= 15 is 0 Å². The van der Waals surface area contributed by atoms with Gasteiger partial charge in [0.05, 0.1) is 11.1 Å². The van der Waals surface area contributed by atoms with E-state index in [0.717, 1.165) is 0 Å². The molecule has 0 radical (unpaired) electrons. The number of rotatable bonds is 3. The van der Waals surface area contributed by atoms with Crippen molar-refractivity contribution in [1.82, 2.24) is 0 Å². The van der Waals surface area contributed by atoms with E-state index in [4.69, 9.17) is 26.8 Å². The molecule has 5 heteroatoms. The summed E-state index contributed by atoms with van der Waals surface area (Å²) in [6.07, 6.45) is -0.0546. The van der Waals surface area contributed by atoms with E-state index in [-0.39, 0.29) is 6.04 Å². The summed E-state index contributed by atoms with van der Waals surface area (Å²) in [5.74, 6) is 1.11. The Labute approximate surface area is 105 Å². The molecular weight excluding hydrogens is 242 g/mol. The maximum atomic E-state index is 10.0. The summed E-state index contributed by atoms with van der Waals surface area (Å²) in [6, 6.07) is 3.10. The van der Waals surface area contributed by atoms with Crippen molar-refractivity contribution in [2.45, 2.75) is 25.5 Å².